The molecule has 1 heterocycles. The molecule has 0 aliphatic heterocycles. The average Bonchev–Trinajstić information content (AvgIpc) is 2.78. The third-order valence-electron chi connectivity index (χ3n) is 3.27. The van der Waals surface area contributed by atoms with E-state index in [0.717, 1.165) is 0 Å². The fourth-order valence-corrected chi connectivity index (χ4v) is 5.05. The summed E-state index contributed by atoms with van der Waals surface area (Å²) in [5, 5.41) is 5.68. The van der Waals surface area contributed by atoms with Crippen LogP contribution < -0.4 is 0 Å². The molecular formula is C16H10Se. The molecule has 0 amide bonds. The first kappa shape index (κ1) is 9.47. The van der Waals surface area contributed by atoms with Crippen LogP contribution in [-0.4, -0.2) is 14.5 Å². The van der Waals surface area contributed by atoms with Gasteiger partial charge in [-0.3, -0.25) is 0 Å². The van der Waals surface area contributed by atoms with Crippen LogP contribution in [0, 0.1) is 0 Å². The fraction of sp³-hybridized carbons (Fsp3) is 0. The molecule has 4 rings (SSSR count). The van der Waals surface area contributed by atoms with Crippen molar-refractivity contribution in [3.8, 4) is 0 Å². The first-order valence-corrected chi connectivity index (χ1v) is 7.44. The Kier molecular flexibility index (Phi) is 1.93. The van der Waals surface area contributed by atoms with Crippen molar-refractivity contribution in [2.75, 3.05) is 0 Å². The number of fused-ring (bicyclic) bond motifs is 5. The van der Waals surface area contributed by atoms with E-state index in [1.165, 1.54) is 25.8 Å². The molecule has 1 aromatic heterocycles. The molecule has 0 aliphatic rings. The second-order valence-electron chi connectivity index (χ2n) is 4.26. The van der Waals surface area contributed by atoms with Crippen LogP contribution in [0.5, 0.6) is 0 Å². The van der Waals surface area contributed by atoms with Crippen molar-refractivity contribution in [3.05, 3.63) is 60.7 Å². The van der Waals surface area contributed by atoms with Gasteiger partial charge in [-0.1, -0.05) is 0 Å². The van der Waals surface area contributed by atoms with E-state index in [1.54, 1.807) is 4.26 Å². The van der Waals surface area contributed by atoms with E-state index in [1.807, 2.05) is 0 Å². The summed E-state index contributed by atoms with van der Waals surface area (Å²) < 4.78 is 3.07. The quantitative estimate of drug-likeness (QED) is 0.424. The zero-order valence-electron chi connectivity index (χ0n) is 9.18. The molecule has 0 nitrogen and oxygen atoms in total. The summed E-state index contributed by atoms with van der Waals surface area (Å²) in [5.41, 5.74) is 0. The zero-order chi connectivity index (χ0) is 11.2. The number of benzene rings is 3. The Bertz CT molecular complexity index is 840. The Morgan fingerprint density at radius 1 is 0.588 bits per heavy atom. The molecule has 0 saturated carbocycles. The van der Waals surface area contributed by atoms with Gasteiger partial charge in [0.15, 0.2) is 0 Å². The molecule has 4 aromatic rings. The number of hydrogen-bond acceptors (Lipinski definition) is 0. The van der Waals surface area contributed by atoms with Gasteiger partial charge in [0.2, 0.25) is 0 Å². The summed E-state index contributed by atoms with van der Waals surface area (Å²) >= 11 is 0.465. The molecule has 17 heavy (non-hydrogen) atoms. The van der Waals surface area contributed by atoms with Crippen molar-refractivity contribution in [2.24, 2.45) is 0 Å². The van der Waals surface area contributed by atoms with E-state index in [0.29, 0.717) is 14.5 Å². The fourth-order valence-electron chi connectivity index (χ4n) is 2.45. The molecule has 1 heteroatoms. The Morgan fingerprint density at radius 2 is 1.35 bits per heavy atom. The number of hydrogen-bond donors (Lipinski definition) is 0. The molecule has 0 aliphatic carbocycles. The molecule has 80 valence electrons. The van der Waals surface area contributed by atoms with Gasteiger partial charge in [-0.15, -0.1) is 0 Å². The van der Waals surface area contributed by atoms with Gasteiger partial charge in [0.05, 0.1) is 0 Å². The van der Waals surface area contributed by atoms with Crippen molar-refractivity contribution < 1.29 is 0 Å². The molecule has 0 atom stereocenters. The SMILES string of the molecule is c1ccc2c(c1)ccc1c3ccccc3[se]c21. The van der Waals surface area contributed by atoms with Gasteiger partial charge in [0.1, 0.15) is 0 Å². The maximum atomic E-state index is 2.28. The van der Waals surface area contributed by atoms with Gasteiger partial charge in [0, 0.05) is 0 Å². The first-order chi connectivity index (χ1) is 8.43. The van der Waals surface area contributed by atoms with E-state index in [-0.39, 0.29) is 0 Å². The van der Waals surface area contributed by atoms with Crippen LogP contribution in [0.1, 0.15) is 0 Å². The van der Waals surface area contributed by atoms with Gasteiger partial charge < -0.3 is 0 Å². The molecule has 0 spiro atoms. The van der Waals surface area contributed by atoms with E-state index < -0.39 is 0 Å². The Morgan fingerprint density at radius 3 is 2.29 bits per heavy atom. The maximum absolute atomic E-state index is 2.28. The van der Waals surface area contributed by atoms with Gasteiger partial charge in [-0.2, -0.15) is 0 Å². The number of rotatable bonds is 0. The molecule has 0 radical (unpaired) electrons. The molecule has 0 N–H and O–H groups in total. The normalized spacial score (nSPS) is 11.5. The molecule has 0 bridgehead atoms. The predicted molar refractivity (Wildman–Crippen MR) is 75.9 cm³/mol. The summed E-state index contributed by atoms with van der Waals surface area (Å²) in [5.74, 6) is 0. The Hall–Kier alpha value is -1.56. The summed E-state index contributed by atoms with van der Waals surface area (Å²) in [7, 11) is 0. The molecule has 3 aromatic carbocycles. The summed E-state index contributed by atoms with van der Waals surface area (Å²) in [4.78, 5) is 0. The summed E-state index contributed by atoms with van der Waals surface area (Å²) in [6.45, 7) is 0. The van der Waals surface area contributed by atoms with Crippen LogP contribution >= 0.6 is 0 Å². The molecular weight excluding hydrogens is 271 g/mol. The minimum absolute atomic E-state index is 0.465. The topological polar surface area (TPSA) is 0 Å². The van der Waals surface area contributed by atoms with Crippen molar-refractivity contribution in [1.29, 1.82) is 0 Å². The zero-order valence-corrected chi connectivity index (χ0v) is 10.9. The molecule has 0 fully saturated rings. The third-order valence-corrected chi connectivity index (χ3v) is 5.83. The summed E-state index contributed by atoms with van der Waals surface area (Å²) in [6.07, 6.45) is 0. The third kappa shape index (κ3) is 1.30. The molecule has 0 saturated heterocycles. The minimum atomic E-state index is 0.465. The van der Waals surface area contributed by atoms with Crippen LogP contribution in [0.15, 0.2) is 60.7 Å². The van der Waals surface area contributed by atoms with E-state index in [9.17, 15) is 0 Å². The van der Waals surface area contributed by atoms with Gasteiger partial charge in [0.25, 0.3) is 0 Å². The van der Waals surface area contributed by atoms with E-state index >= 15 is 0 Å². The monoisotopic (exact) mass is 282 g/mol. The molecule has 0 unspecified atom stereocenters. The van der Waals surface area contributed by atoms with Crippen LogP contribution in [-0.2, 0) is 0 Å². The van der Waals surface area contributed by atoms with Gasteiger partial charge >= 0.3 is 105 Å². The van der Waals surface area contributed by atoms with Crippen molar-refractivity contribution in [3.63, 3.8) is 0 Å². The van der Waals surface area contributed by atoms with Gasteiger partial charge in [-0.25, -0.2) is 0 Å². The standard InChI is InChI=1S/C16H10Se/c1-2-6-12-11(5-1)9-10-14-13-7-3-4-8-15(13)17-16(12)14/h1-10H. The predicted octanol–water partition coefficient (Wildman–Crippen LogP) is 4.20. The van der Waals surface area contributed by atoms with E-state index in [4.69, 9.17) is 0 Å². The Balaban J connectivity index is 2.34. The van der Waals surface area contributed by atoms with Crippen molar-refractivity contribution >= 4 is 44.6 Å². The first-order valence-electron chi connectivity index (χ1n) is 5.72. The van der Waals surface area contributed by atoms with Crippen LogP contribution in [0.3, 0.4) is 0 Å². The van der Waals surface area contributed by atoms with Crippen LogP contribution in [0.2, 0.25) is 0 Å². The van der Waals surface area contributed by atoms with Crippen molar-refractivity contribution in [2.45, 2.75) is 0 Å². The Labute approximate surface area is 105 Å². The van der Waals surface area contributed by atoms with E-state index in [2.05, 4.69) is 60.7 Å². The second-order valence-corrected chi connectivity index (χ2v) is 6.47. The average molecular weight is 281 g/mol. The van der Waals surface area contributed by atoms with Gasteiger partial charge in [-0.05, 0) is 0 Å². The van der Waals surface area contributed by atoms with Crippen LogP contribution in [0.25, 0.3) is 30.1 Å². The second kappa shape index (κ2) is 3.46. The van der Waals surface area contributed by atoms with Crippen LogP contribution in [0.4, 0.5) is 0 Å². The van der Waals surface area contributed by atoms with Crippen molar-refractivity contribution in [1.82, 2.24) is 0 Å². The summed E-state index contributed by atoms with van der Waals surface area (Å²) in [6, 6.07) is 22.0.